The second kappa shape index (κ2) is 72.8. The molecule has 1 amide bonds. The van der Waals surface area contributed by atoms with Crippen LogP contribution < -0.4 is 5.32 Å². The lowest BCUT2D eigenvalue weighted by Crippen LogP contribution is -2.45. The molecule has 83 heavy (non-hydrogen) atoms. The van der Waals surface area contributed by atoms with Gasteiger partial charge in [0.1, 0.15) is 0 Å². The Morgan fingerprint density at radius 2 is 0.566 bits per heavy atom. The van der Waals surface area contributed by atoms with Crippen LogP contribution in [0.25, 0.3) is 0 Å². The highest BCUT2D eigenvalue weighted by Gasteiger charge is 2.18. The van der Waals surface area contributed by atoms with E-state index in [2.05, 4.69) is 31.3 Å². The van der Waals surface area contributed by atoms with E-state index in [1.165, 1.54) is 360 Å². The summed E-state index contributed by atoms with van der Waals surface area (Å²) in [5.74, 6) is -0.0458. The Balaban J connectivity index is 3.34. The van der Waals surface area contributed by atoms with Crippen molar-refractivity contribution in [1.29, 1.82) is 0 Å². The first-order valence-corrected chi connectivity index (χ1v) is 38.1. The molecule has 0 aliphatic rings. The summed E-state index contributed by atoms with van der Waals surface area (Å²) >= 11 is 0. The van der Waals surface area contributed by atoms with Crippen molar-refractivity contribution in [2.75, 3.05) is 13.2 Å². The third kappa shape index (κ3) is 69.3. The lowest BCUT2D eigenvalue weighted by Gasteiger charge is -2.20. The average Bonchev–Trinajstić information content (AvgIpc) is 3.48. The quantitative estimate of drug-likeness (QED) is 0.0320. The van der Waals surface area contributed by atoms with E-state index in [1.54, 1.807) is 6.08 Å². The Morgan fingerprint density at radius 1 is 0.325 bits per heavy atom. The fourth-order valence-corrected chi connectivity index (χ4v) is 12.2. The van der Waals surface area contributed by atoms with Gasteiger partial charge in [-0.15, -0.1) is 0 Å². The number of carbonyl (C=O) groups is 2. The number of aliphatic hydroxyl groups excluding tert-OH is 2. The van der Waals surface area contributed by atoms with Gasteiger partial charge in [0, 0.05) is 12.8 Å². The molecule has 0 aromatic carbocycles. The van der Waals surface area contributed by atoms with Crippen molar-refractivity contribution >= 4 is 11.9 Å². The maximum Gasteiger partial charge on any atom is 0.305 e. The minimum Gasteiger partial charge on any atom is -0.466 e. The standard InChI is InChI=1S/C77H149NO5/c1-3-5-7-9-11-13-15-17-19-21-35-38-41-45-49-53-57-61-65-69-75(80)74(73-79)78-76(81)70-66-62-58-54-50-46-42-39-36-33-31-29-27-25-23-22-24-26-28-30-32-34-37-40-44-48-52-56-60-64-68-72-83-77(82)71-67-63-59-55-51-47-43-20-18-16-14-12-10-8-6-4-2/h20,43,65,69,74-75,79-80H,3-19,21-42,44-64,66-68,70-73H2,1-2H3,(H,78,81)/b43-20-,69-65+. The highest BCUT2D eigenvalue weighted by Crippen LogP contribution is 2.20. The van der Waals surface area contributed by atoms with Gasteiger partial charge in [-0.3, -0.25) is 9.59 Å². The molecule has 0 aliphatic heterocycles. The van der Waals surface area contributed by atoms with Gasteiger partial charge >= 0.3 is 5.97 Å². The number of esters is 1. The van der Waals surface area contributed by atoms with Gasteiger partial charge in [-0.25, -0.2) is 0 Å². The van der Waals surface area contributed by atoms with Gasteiger partial charge in [-0.1, -0.05) is 385 Å². The van der Waals surface area contributed by atoms with Gasteiger partial charge in [-0.2, -0.15) is 0 Å². The van der Waals surface area contributed by atoms with Crippen molar-refractivity contribution in [2.24, 2.45) is 0 Å². The van der Waals surface area contributed by atoms with Crippen LogP contribution >= 0.6 is 0 Å². The third-order valence-electron chi connectivity index (χ3n) is 18.0. The first-order chi connectivity index (χ1) is 41.0. The molecule has 0 heterocycles. The minimum absolute atomic E-state index is 0.0139. The Labute approximate surface area is 520 Å². The summed E-state index contributed by atoms with van der Waals surface area (Å²) in [6, 6.07) is -0.625. The normalized spacial score (nSPS) is 12.6. The van der Waals surface area contributed by atoms with Crippen LogP contribution in [0, 0.1) is 0 Å². The van der Waals surface area contributed by atoms with Crippen LogP contribution in [0.5, 0.6) is 0 Å². The molecule has 3 N–H and O–H groups in total. The van der Waals surface area contributed by atoms with Crippen LogP contribution in [-0.4, -0.2) is 47.4 Å². The Morgan fingerprint density at radius 3 is 0.855 bits per heavy atom. The summed E-state index contributed by atoms with van der Waals surface area (Å²) < 4.78 is 5.50. The van der Waals surface area contributed by atoms with Gasteiger partial charge in [0.25, 0.3) is 0 Å². The summed E-state index contributed by atoms with van der Waals surface area (Å²) in [6.07, 6.45) is 92.9. The Kier molecular flexibility index (Phi) is 71.4. The minimum atomic E-state index is -0.842. The summed E-state index contributed by atoms with van der Waals surface area (Å²) in [5, 5.41) is 23.3. The molecule has 0 saturated heterocycles. The first kappa shape index (κ1) is 81.3. The van der Waals surface area contributed by atoms with E-state index in [4.69, 9.17) is 4.74 Å². The number of hydrogen-bond donors (Lipinski definition) is 3. The lowest BCUT2D eigenvalue weighted by molar-refractivity contribution is -0.143. The highest BCUT2D eigenvalue weighted by molar-refractivity contribution is 5.76. The van der Waals surface area contributed by atoms with Crippen LogP contribution in [0.4, 0.5) is 0 Å². The van der Waals surface area contributed by atoms with Crippen molar-refractivity contribution in [2.45, 2.75) is 443 Å². The summed E-state index contributed by atoms with van der Waals surface area (Å²) in [5.41, 5.74) is 0. The first-order valence-electron chi connectivity index (χ1n) is 38.1. The van der Waals surface area contributed by atoms with Gasteiger partial charge in [0.2, 0.25) is 5.91 Å². The maximum atomic E-state index is 12.5. The number of nitrogens with one attached hydrogen (secondary N) is 1. The van der Waals surface area contributed by atoms with Crippen molar-refractivity contribution < 1.29 is 24.5 Å². The third-order valence-corrected chi connectivity index (χ3v) is 18.0. The van der Waals surface area contributed by atoms with Crippen molar-refractivity contribution in [3.05, 3.63) is 24.3 Å². The van der Waals surface area contributed by atoms with E-state index in [9.17, 15) is 19.8 Å². The number of rotatable bonds is 72. The zero-order chi connectivity index (χ0) is 59.9. The summed E-state index contributed by atoms with van der Waals surface area (Å²) in [7, 11) is 0. The number of carbonyl (C=O) groups excluding carboxylic acids is 2. The molecule has 0 rings (SSSR count). The van der Waals surface area contributed by atoms with Crippen LogP contribution in [0.3, 0.4) is 0 Å². The zero-order valence-electron chi connectivity index (χ0n) is 56.5. The molecule has 0 aromatic heterocycles. The largest absolute Gasteiger partial charge is 0.466 e. The topological polar surface area (TPSA) is 95.9 Å². The summed E-state index contributed by atoms with van der Waals surface area (Å²) in [6.45, 7) is 4.95. The molecule has 0 radical (unpaired) electrons. The van der Waals surface area contributed by atoms with Gasteiger partial charge in [-0.05, 0) is 57.8 Å². The fraction of sp³-hybridized carbons (Fsp3) is 0.922. The van der Waals surface area contributed by atoms with Crippen LogP contribution in [0.15, 0.2) is 24.3 Å². The lowest BCUT2D eigenvalue weighted by atomic mass is 10.0. The van der Waals surface area contributed by atoms with Crippen LogP contribution in [0.2, 0.25) is 0 Å². The van der Waals surface area contributed by atoms with Gasteiger partial charge < -0.3 is 20.3 Å². The molecule has 0 saturated carbocycles. The molecule has 0 spiro atoms. The van der Waals surface area contributed by atoms with E-state index in [1.807, 2.05) is 6.08 Å². The zero-order valence-corrected chi connectivity index (χ0v) is 56.5. The predicted octanol–water partition coefficient (Wildman–Crippen LogP) is 24.9. The molecule has 492 valence electrons. The molecule has 0 bridgehead atoms. The molecule has 6 nitrogen and oxygen atoms in total. The number of ether oxygens (including phenoxy) is 1. The number of hydrogen-bond acceptors (Lipinski definition) is 5. The van der Waals surface area contributed by atoms with E-state index >= 15 is 0 Å². The Hall–Kier alpha value is -1.66. The molecule has 0 fully saturated rings. The smallest absolute Gasteiger partial charge is 0.305 e. The molecule has 2 atom stereocenters. The van der Waals surface area contributed by atoms with Crippen LogP contribution in [-0.2, 0) is 14.3 Å². The summed E-state index contributed by atoms with van der Waals surface area (Å²) in [4.78, 5) is 24.6. The van der Waals surface area contributed by atoms with Crippen LogP contribution in [0.1, 0.15) is 431 Å². The van der Waals surface area contributed by atoms with Crippen molar-refractivity contribution in [3.8, 4) is 0 Å². The monoisotopic (exact) mass is 1170 g/mol. The number of allylic oxidation sites excluding steroid dienone is 3. The molecular weight excluding hydrogens is 1020 g/mol. The SMILES string of the molecule is CCCCCCCCC/C=C\CCCCCCCC(=O)OCCCCCCCCCCCCCCCCCCCCCCCCCCCCCCCCCC(=O)NC(CO)C(O)/C=C/CCCCCCCCCCCCCCCCCCC. The molecule has 2 unspecified atom stereocenters. The van der Waals surface area contributed by atoms with E-state index in [0.717, 1.165) is 44.9 Å². The number of amides is 1. The molecule has 0 aromatic rings. The second-order valence-corrected chi connectivity index (χ2v) is 26.3. The molecule has 0 aliphatic carbocycles. The highest BCUT2D eigenvalue weighted by atomic mass is 16.5. The van der Waals surface area contributed by atoms with Gasteiger partial charge in [0.15, 0.2) is 0 Å². The number of unbranched alkanes of at least 4 members (excludes halogenated alkanes) is 59. The predicted molar refractivity (Wildman–Crippen MR) is 366 cm³/mol. The van der Waals surface area contributed by atoms with Crippen molar-refractivity contribution in [3.63, 3.8) is 0 Å². The fourth-order valence-electron chi connectivity index (χ4n) is 12.2. The van der Waals surface area contributed by atoms with E-state index < -0.39 is 12.1 Å². The molecular formula is C77H149NO5. The van der Waals surface area contributed by atoms with Crippen molar-refractivity contribution in [1.82, 2.24) is 5.32 Å². The second-order valence-electron chi connectivity index (χ2n) is 26.3. The molecule has 6 heteroatoms. The van der Waals surface area contributed by atoms with E-state index in [-0.39, 0.29) is 18.5 Å². The van der Waals surface area contributed by atoms with Gasteiger partial charge in [0.05, 0.1) is 25.4 Å². The number of aliphatic hydroxyl groups is 2. The van der Waals surface area contributed by atoms with E-state index in [0.29, 0.717) is 19.4 Å². The average molecular weight is 1170 g/mol. The maximum absolute atomic E-state index is 12.5. The Bertz CT molecular complexity index is 1300.